The van der Waals surface area contributed by atoms with E-state index in [0.29, 0.717) is 26.0 Å². The van der Waals surface area contributed by atoms with Crippen LogP contribution >= 0.6 is 0 Å². The fourth-order valence-electron chi connectivity index (χ4n) is 1.11. The van der Waals surface area contributed by atoms with Gasteiger partial charge in [-0.25, -0.2) is 0 Å². The van der Waals surface area contributed by atoms with E-state index >= 15 is 0 Å². The molecule has 0 aromatic carbocycles. The van der Waals surface area contributed by atoms with Crippen molar-refractivity contribution in [2.45, 2.75) is 26.3 Å². The standard InChI is InChI=1S/C11H16N2O2/c1-2-11(14)15-6-5-9-3-4-10(7-12)13-8-9/h3-4,8H,2,5-7,12H2,1H3. The first kappa shape index (κ1) is 11.7. The number of nitrogens with zero attached hydrogens (tertiary/aromatic N) is 1. The van der Waals surface area contributed by atoms with E-state index < -0.39 is 0 Å². The summed E-state index contributed by atoms with van der Waals surface area (Å²) < 4.78 is 4.96. The lowest BCUT2D eigenvalue weighted by Gasteiger charge is -2.03. The van der Waals surface area contributed by atoms with Gasteiger partial charge in [-0.2, -0.15) is 0 Å². The molecule has 0 amide bonds. The van der Waals surface area contributed by atoms with Crippen molar-refractivity contribution in [1.29, 1.82) is 0 Å². The maximum absolute atomic E-state index is 10.8. The molecule has 1 aromatic rings. The predicted molar refractivity (Wildman–Crippen MR) is 57.1 cm³/mol. The lowest BCUT2D eigenvalue weighted by Crippen LogP contribution is -2.06. The number of rotatable bonds is 5. The molecule has 1 heterocycles. The van der Waals surface area contributed by atoms with Crippen LogP contribution in [0.5, 0.6) is 0 Å². The van der Waals surface area contributed by atoms with Crippen molar-refractivity contribution in [3.05, 3.63) is 29.6 Å². The first-order chi connectivity index (χ1) is 7.26. The van der Waals surface area contributed by atoms with Crippen molar-refractivity contribution in [2.75, 3.05) is 6.61 Å². The van der Waals surface area contributed by atoms with E-state index in [-0.39, 0.29) is 5.97 Å². The topological polar surface area (TPSA) is 65.2 Å². The quantitative estimate of drug-likeness (QED) is 0.734. The van der Waals surface area contributed by atoms with Crippen molar-refractivity contribution >= 4 is 5.97 Å². The zero-order chi connectivity index (χ0) is 11.1. The Bertz CT molecular complexity index is 309. The summed E-state index contributed by atoms with van der Waals surface area (Å²) in [5.74, 6) is -0.165. The van der Waals surface area contributed by atoms with Gasteiger partial charge in [-0.05, 0) is 11.6 Å². The van der Waals surface area contributed by atoms with Crippen molar-refractivity contribution in [3.63, 3.8) is 0 Å². The smallest absolute Gasteiger partial charge is 0.305 e. The number of hydrogen-bond acceptors (Lipinski definition) is 4. The molecule has 15 heavy (non-hydrogen) atoms. The van der Waals surface area contributed by atoms with Crippen LogP contribution in [0.15, 0.2) is 18.3 Å². The second kappa shape index (κ2) is 6.14. The van der Waals surface area contributed by atoms with Gasteiger partial charge in [0, 0.05) is 25.6 Å². The number of carbonyl (C=O) groups is 1. The summed E-state index contributed by atoms with van der Waals surface area (Å²) in [5, 5.41) is 0. The van der Waals surface area contributed by atoms with Gasteiger partial charge < -0.3 is 10.5 Å². The highest BCUT2D eigenvalue weighted by molar-refractivity contribution is 5.68. The highest BCUT2D eigenvalue weighted by atomic mass is 16.5. The number of esters is 1. The van der Waals surface area contributed by atoms with E-state index in [4.69, 9.17) is 10.5 Å². The van der Waals surface area contributed by atoms with Crippen molar-refractivity contribution in [3.8, 4) is 0 Å². The van der Waals surface area contributed by atoms with Gasteiger partial charge in [0.25, 0.3) is 0 Å². The molecular weight excluding hydrogens is 192 g/mol. The van der Waals surface area contributed by atoms with Crippen LogP contribution in [0.25, 0.3) is 0 Å². The summed E-state index contributed by atoms with van der Waals surface area (Å²) in [6.07, 6.45) is 2.88. The molecule has 0 aliphatic rings. The maximum atomic E-state index is 10.8. The minimum absolute atomic E-state index is 0.165. The van der Waals surface area contributed by atoms with Gasteiger partial charge in [-0.1, -0.05) is 13.0 Å². The molecule has 1 aromatic heterocycles. The Labute approximate surface area is 89.5 Å². The van der Waals surface area contributed by atoms with Crippen LogP contribution in [-0.4, -0.2) is 17.6 Å². The molecule has 4 heteroatoms. The van der Waals surface area contributed by atoms with Gasteiger partial charge in [0.05, 0.1) is 12.3 Å². The van der Waals surface area contributed by atoms with Crippen molar-refractivity contribution < 1.29 is 9.53 Å². The Morgan fingerprint density at radius 2 is 2.33 bits per heavy atom. The summed E-state index contributed by atoms with van der Waals surface area (Å²) in [6.45, 7) is 2.64. The van der Waals surface area contributed by atoms with Crippen LogP contribution in [0, 0.1) is 0 Å². The molecule has 0 bridgehead atoms. The Kier molecular flexibility index (Phi) is 4.77. The second-order valence-electron chi connectivity index (χ2n) is 3.19. The fraction of sp³-hybridized carbons (Fsp3) is 0.455. The average molecular weight is 208 g/mol. The number of hydrogen-bond donors (Lipinski definition) is 1. The monoisotopic (exact) mass is 208 g/mol. The largest absolute Gasteiger partial charge is 0.465 e. The number of aromatic nitrogens is 1. The number of nitrogens with two attached hydrogens (primary N) is 1. The highest BCUT2D eigenvalue weighted by Gasteiger charge is 1.99. The van der Waals surface area contributed by atoms with Crippen LogP contribution in [0.2, 0.25) is 0 Å². The first-order valence-electron chi connectivity index (χ1n) is 5.05. The van der Waals surface area contributed by atoms with Gasteiger partial charge in [0.2, 0.25) is 0 Å². The van der Waals surface area contributed by atoms with E-state index in [1.54, 1.807) is 13.1 Å². The summed E-state index contributed by atoms with van der Waals surface area (Å²) in [5.41, 5.74) is 7.34. The van der Waals surface area contributed by atoms with E-state index in [0.717, 1.165) is 11.3 Å². The molecule has 0 aliphatic carbocycles. The second-order valence-corrected chi connectivity index (χ2v) is 3.19. The molecule has 4 nitrogen and oxygen atoms in total. The number of ether oxygens (including phenoxy) is 1. The van der Waals surface area contributed by atoms with Crippen molar-refractivity contribution in [1.82, 2.24) is 4.98 Å². The molecule has 0 spiro atoms. The van der Waals surface area contributed by atoms with Crippen LogP contribution in [0.1, 0.15) is 24.6 Å². The average Bonchev–Trinajstić information content (AvgIpc) is 2.29. The third-order valence-electron chi connectivity index (χ3n) is 2.04. The van der Waals surface area contributed by atoms with E-state index in [9.17, 15) is 4.79 Å². The molecule has 1 rings (SSSR count). The van der Waals surface area contributed by atoms with Gasteiger partial charge in [-0.3, -0.25) is 9.78 Å². The zero-order valence-corrected chi connectivity index (χ0v) is 8.90. The molecule has 82 valence electrons. The maximum Gasteiger partial charge on any atom is 0.305 e. The van der Waals surface area contributed by atoms with Crippen LogP contribution in [-0.2, 0) is 22.5 Å². The summed E-state index contributed by atoms with van der Waals surface area (Å²) in [4.78, 5) is 15.0. The number of carbonyl (C=O) groups excluding carboxylic acids is 1. The van der Waals surface area contributed by atoms with Crippen molar-refractivity contribution in [2.24, 2.45) is 5.73 Å². The van der Waals surface area contributed by atoms with E-state index in [1.165, 1.54) is 0 Å². The molecule has 0 saturated heterocycles. The third kappa shape index (κ3) is 4.08. The lowest BCUT2D eigenvalue weighted by atomic mass is 10.2. The molecule has 0 atom stereocenters. The summed E-state index contributed by atoms with van der Waals surface area (Å²) in [7, 11) is 0. The van der Waals surface area contributed by atoms with Gasteiger partial charge in [0.1, 0.15) is 0 Å². The zero-order valence-electron chi connectivity index (χ0n) is 8.90. The molecule has 2 N–H and O–H groups in total. The van der Waals surface area contributed by atoms with Crippen LogP contribution in [0.3, 0.4) is 0 Å². The molecule has 0 saturated carbocycles. The van der Waals surface area contributed by atoms with E-state index in [2.05, 4.69) is 4.98 Å². The summed E-state index contributed by atoms with van der Waals surface area (Å²) in [6, 6.07) is 3.84. The highest BCUT2D eigenvalue weighted by Crippen LogP contribution is 2.01. The predicted octanol–water partition coefficient (Wildman–Crippen LogP) is 1.04. The normalized spacial score (nSPS) is 10.0. The summed E-state index contributed by atoms with van der Waals surface area (Å²) >= 11 is 0. The minimum Gasteiger partial charge on any atom is -0.465 e. The fourth-order valence-corrected chi connectivity index (χ4v) is 1.11. The Morgan fingerprint density at radius 1 is 1.53 bits per heavy atom. The molecular formula is C11H16N2O2. The van der Waals surface area contributed by atoms with Gasteiger partial charge >= 0.3 is 5.97 Å². The Balaban J connectivity index is 2.34. The third-order valence-corrected chi connectivity index (χ3v) is 2.04. The Hall–Kier alpha value is -1.42. The van der Waals surface area contributed by atoms with Gasteiger partial charge in [0.15, 0.2) is 0 Å². The van der Waals surface area contributed by atoms with Crippen LogP contribution < -0.4 is 5.73 Å². The Morgan fingerprint density at radius 3 is 2.87 bits per heavy atom. The minimum atomic E-state index is -0.165. The molecule has 0 aliphatic heterocycles. The van der Waals surface area contributed by atoms with E-state index in [1.807, 2.05) is 12.1 Å². The molecule has 0 fully saturated rings. The molecule has 0 radical (unpaired) electrons. The van der Waals surface area contributed by atoms with Gasteiger partial charge in [-0.15, -0.1) is 0 Å². The lowest BCUT2D eigenvalue weighted by molar-refractivity contribution is -0.143. The SMILES string of the molecule is CCC(=O)OCCc1ccc(CN)nc1. The first-order valence-corrected chi connectivity index (χ1v) is 5.05. The number of pyridine rings is 1. The molecule has 0 unspecified atom stereocenters. The van der Waals surface area contributed by atoms with Crippen LogP contribution in [0.4, 0.5) is 0 Å².